The molecular formula is C26H26NO+. The van der Waals surface area contributed by atoms with Crippen molar-refractivity contribution in [1.82, 2.24) is 0 Å². The van der Waals surface area contributed by atoms with E-state index in [0.717, 1.165) is 6.42 Å². The standard InChI is InChI=1S/C26H26NO/c1-21(2)27(20-28)19-25(22-12-6-3-7-13-22)18-26(25,23-14-8-4-9-15-23)24-16-10-5-11-17-24/h3-17,21H,18-19H2,1-2H3/q+1. The first-order valence-corrected chi connectivity index (χ1v) is 9.95. The third kappa shape index (κ3) is 2.82. The van der Waals surface area contributed by atoms with E-state index in [1.165, 1.54) is 16.7 Å². The molecule has 1 aliphatic carbocycles. The zero-order valence-corrected chi connectivity index (χ0v) is 16.5. The van der Waals surface area contributed by atoms with Crippen LogP contribution in [0.4, 0.5) is 0 Å². The zero-order valence-electron chi connectivity index (χ0n) is 16.5. The van der Waals surface area contributed by atoms with Crippen molar-refractivity contribution in [3.05, 3.63) is 108 Å². The summed E-state index contributed by atoms with van der Waals surface area (Å²) in [5.74, 6) is 0. The topological polar surface area (TPSA) is 20.1 Å². The van der Waals surface area contributed by atoms with Gasteiger partial charge in [0.05, 0.1) is 5.41 Å². The summed E-state index contributed by atoms with van der Waals surface area (Å²) in [4.78, 5) is 11.8. The Morgan fingerprint density at radius 2 is 1.21 bits per heavy atom. The highest BCUT2D eigenvalue weighted by Gasteiger charge is 2.72. The van der Waals surface area contributed by atoms with Crippen LogP contribution in [0.25, 0.3) is 0 Å². The third-order valence-electron chi connectivity index (χ3n) is 6.30. The summed E-state index contributed by atoms with van der Waals surface area (Å²) < 4.78 is 1.82. The van der Waals surface area contributed by atoms with E-state index in [1.54, 1.807) is 0 Å². The average molecular weight is 369 g/mol. The van der Waals surface area contributed by atoms with Crippen LogP contribution in [0, 0.1) is 0 Å². The number of hydrogen-bond donors (Lipinski definition) is 0. The van der Waals surface area contributed by atoms with E-state index >= 15 is 0 Å². The molecular weight excluding hydrogens is 342 g/mol. The van der Waals surface area contributed by atoms with Crippen LogP contribution in [-0.4, -0.2) is 23.2 Å². The zero-order chi connectivity index (χ0) is 19.6. The fraction of sp³-hybridized carbons (Fsp3) is 0.269. The van der Waals surface area contributed by atoms with Gasteiger partial charge in [0.25, 0.3) is 0 Å². The molecule has 4 rings (SSSR count). The highest BCUT2D eigenvalue weighted by atomic mass is 16.1. The lowest BCUT2D eigenvalue weighted by molar-refractivity contribution is -0.561. The SMILES string of the molecule is CC(C)[N+](=C=O)CC1(c2ccccc2)CC1(c1ccccc1)c1ccccc1. The van der Waals surface area contributed by atoms with Crippen molar-refractivity contribution in [2.45, 2.75) is 37.1 Å². The second-order valence-electron chi connectivity index (χ2n) is 8.08. The van der Waals surface area contributed by atoms with Gasteiger partial charge in [-0.3, -0.25) is 0 Å². The Bertz CT molecular complexity index is 949. The van der Waals surface area contributed by atoms with Crippen LogP contribution in [-0.2, 0) is 15.6 Å². The van der Waals surface area contributed by atoms with Gasteiger partial charge in [-0.05, 0) is 37.0 Å². The molecule has 3 aromatic carbocycles. The van der Waals surface area contributed by atoms with Crippen molar-refractivity contribution in [2.24, 2.45) is 0 Å². The van der Waals surface area contributed by atoms with Crippen LogP contribution < -0.4 is 0 Å². The lowest BCUT2D eigenvalue weighted by atomic mass is 9.77. The molecule has 3 aromatic rings. The summed E-state index contributed by atoms with van der Waals surface area (Å²) in [6.07, 6.45) is 3.17. The number of benzene rings is 3. The van der Waals surface area contributed by atoms with Crippen molar-refractivity contribution in [1.29, 1.82) is 0 Å². The quantitative estimate of drug-likeness (QED) is 0.338. The molecule has 140 valence electrons. The maximum Gasteiger partial charge on any atom is 0.424 e. The molecule has 0 spiro atoms. The molecule has 1 saturated carbocycles. The van der Waals surface area contributed by atoms with E-state index in [2.05, 4.69) is 111 Å². The summed E-state index contributed by atoms with van der Waals surface area (Å²) in [5.41, 5.74) is 3.57. The minimum atomic E-state index is -0.168. The lowest BCUT2D eigenvalue weighted by Gasteiger charge is -2.26. The maximum absolute atomic E-state index is 11.8. The molecule has 0 N–H and O–H groups in total. The largest absolute Gasteiger partial charge is 0.424 e. The fourth-order valence-corrected chi connectivity index (χ4v) is 4.78. The summed E-state index contributed by atoms with van der Waals surface area (Å²) in [7, 11) is 0. The minimum absolute atomic E-state index is 0.114. The predicted octanol–water partition coefficient (Wildman–Crippen LogP) is 5.07. The molecule has 1 aliphatic rings. The van der Waals surface area contributed by atoms with Crippen LogP contribution in [0.5, 0.6) is 0 Å². The molecule has 2 heteroatoms. The van der Waals surface area contributed by atoms with Gasteiger partial charge < -0.3 is 0 Å². The molecule has 0 heterocycles. The van der Waals surface area contributed by atoms with E-state index in [1.807, 2.05) is 4.58 Å². The van der Waals surface area contributed by atoms with E-state index in [-0.39, 0.29) is 16.9 Å². The van der Waals surface area contributed by atoms with Crippen LogP contribution in [0.15, 0.2) is 91.0 Å². The smallest absolute Gasteiger partial charge is 0.159 e. The van der Waals surface area contributed by atoms with Gasteiger partial charge in [-0.15, -0.1) is 0 Å². The highest BCUT2D eigenvalue weighted by molar-refractivity contribution is 5.58. The Morgan fingerprint density at radius 3 is 1.61 bits per heavy atom. The summed E-state index contributed by atoms with van der Waals surface area (Å²) in [5, 5.41) is 0. The molecule has 0 aromatic heterocycles. The Kier molecular flexibility index (Phi) is 4.75. The van der Waals surface area contributed by atoms with Crippen LogP contribution >= 0.6 is 0 Å². The third-order valence-corrected chi connectivity index (χ3v) is 6.30. The van der Waals surface area contributed by atoms with Crippen molar-refractivity contribution in [2.75, 3.05) is 6.54 Å². The molecule has 1 atom stereocenters. The van der Waals surface area contributed by atoms with Gasteiger partial charge in [0.15, 0.2) is 12.6 Å². The number of hydrogen-bond acceptors (Lipinski definition) is 1. The van der Waals surface area contributed by atoms with E-state index in [9.17, 15) is 4.79 Å². The fourth-order valence-electron chi connectivity index (χ4n) is 4.78. The summed E-state index contributed by atoms with van der Waals surface area (Å²) in [6.45, 7) is 4.76. The number of carbonyl (C=O) groups excluding carboxylic acids is 1. The van der Waals surface area contributed by atoms with Crippen molar-refractivity contribution in [3.8, 4) is 0 Å². The van der Waals surface area contributed by atoms with Crippen LogP contribution in [0.2, 0.25) is 0 Å². The van der Waals surface area contributed by atoms with Gasteiger partial charge in [-0.1, -0.05) is 91.0 Å². The molecule has 0 amide bonds. The molecule has 28 heavy (non-hydrogen) atoms. The molecule has 0 aliphatic heterocycles. The van der Waals surface area contributed by atoms with Crippen LogP contribution in [0.1, 0.15) is 37.0 Å². The molecule has 1 unspecified atom stereocenters. The van der Waals surface area contributed by atoms with Gasteiger partial charge in [-0.2, -0.15) is 9.37 Å². The average Bonchev–Trinajstić information content (AvgIpc) is 3.45. The highest BCUT2D eigenvalue weighted by Crippen LogP contribution is 2.68. The maximum atomic E-state index is 11.8. The Balaban J connectivity index is 1.95. The van der Waals surface area contributed by atoms with Crippen LogP contribution in [0.3, 0.4) is 0 Å². The predicted molar refractivity (Wildman–Crippen MR) is 112 cm³/mol. The summed E-state index contributed by atoms with van der Waals surface area (Å²) >= 11 is 0. The van der Waals surface area contributed by atoms with E-state index in [4.69, 9.17) is 0 Å². The Morgan fingerprint density at radius 1 is 0.786 bits per heavy atom. The Hall–Kier alpha value is -2.96. The molecule has 0 radical (unpaired) electrons. The lowest BCUT2D eigenvalue weighted by Crippen LogP contribution is -2.35. The molecule has 0 saturated heterocycles. The first-order valence-electron chi connectivity index (χ1n) is 9.95. The summed E-state index contributed by atoms with van der Waals surface area (Å²) in [6, 6.07) is 32.2. The van der Waals surface area contributed by atoms with Crippen molar-refractivity contribution in [3.63, 3.8) is 0 Å². The number of nitrogens with zero attached hydrogens (tertiary/aromatic N) is 1. The van der Waals surface area contributed by atoms with Gasteiger partial charge in [-0.25, -0.2) is 0 Å². The second kappa shape index (κ2) is 7.22. The van der Waals surface area contributed by atoms with Gasteiger partial charge in [0.1, 0.15) is 0 Å². The first kappa shape index (κ1) is 18.4. The molecule has 2 nitrogen and oxygen atoms in total. The molecule has 1 fully saturated rings. The van der Waals surface area contributed by atoms with E-state index in [0.29, 0.717) is 6.54 Å². The van der Waals surface area contributed by atoms with Gasteiger partial charge >= 0.3 is 6.08 Å². The van der Waals surface area contributed by atoms with Gasteiger partial charge in [0.2, 0.25) is 0 Å². The number of rotatable bonds is 6. The van der Waals surface area contributed by atoms with Gasteiger partial charge in [0, 0.05) is 5.41 Å². The first-order chi connectivity index (χ1) is 13.6. The van der Waals surface area contributed by atoms with E-state index < -0.39 is 0 Å². The van der Waals surface area contributed by atoms with Crippen molar-refractivity contribution < 1.29 is 9.37 Å². The normalized spacial score (nSPS) is 19.8. The molecule has 0 bridgehead atoms. The monoisotopic (exact) mass is 368 g/mol. The minimum Gasteiger partial charge on any atom is -0.159 e. The second-order valence-corrected chi connectivity index (χ2v) is 8.08. The number of isocyanates is 1. The van der Waals surface area contributed by atoms with Crippen molar-refractivity contribution >= 4 is 6.08 Å². The Labute approximate surface area is 167 Å².